The van der Waals surface area contributed by atoms with Gasteiger partial charge in [-0.15, -0.1) is 0 Å². The number of hydrogen-bond acceptors (Lipinski definition) is 3. The molecule has 1 fully saturated rings. The lowest BCUT2D eigenvalue weighted by atomic mass is 10.2. The van der Waals surface area contributed by atoms with Crippen LogP contribution >= 0.6 is 0 Å². The number of nitrogens with two attached hydrogens (primary N) is 1. The van der Waals surface area contributed by atoms with Gasteiger partial charge in [-0.3, -0.25) is 9.59 Å². The van der Waals surface area contributed by atoms with Crippen molar-refractivity contribution >= 4 is 11.8 Å². The topological polar surface area (TPSA) is 75.4 Å². The van der Waals surface area contributed by atoms with Gasteiger partial charge in [0.05, 0.1) is 6.04 Å². The molecule has 74 valence electrons. The average molecular weight is 185 g/mol. The monoisotopic (exact) mass is 185 g/mol. The normalized spacial score (nSPS) is 24.7. The summed E-state index contributed by atoms with van der Waals surface area (Å²) in [5.41, 5.74) is 5.36. The van der Waals surface area contributed by atoms with Gasteiger partial charge in [-0.2, -0.15) is 0 Å². The lowest BCUT2D eigenvalue weighted by Crippen LogP contribution is -2.46. The lowest BCUT2D eigenvalue weighted by molar-refractivity contribution is -0.132. The van der Waals surface area contributed by atoms with Crippen molar-refractivity contribution in [2.24, 2.45) is 5.73 Å². The Hall–Kier alpha value is -1.10. The number of likely N-dealkylation sites (tertiary alicyclic amines) is 1. The minimum absolute atomic E-state index is 0.0333. The van der Waals surface area contributed by atoms with Crippen LogP contribution in [0.5, 0.6) is 0 Å². The number of amides is 2. The number of nitrogens with one attached hydrogen (secondary N) is 1. The summed E-state index contributed by atoms with van der Waals surface area (Å²) in [6.07, 6.45) is 0.674. The van der Waals surface area contributed by atoms with E-state index in [1.165, 1.54) is 0 Å². The van der Waals surface area contributed by atoms with Crippen LogP contribution < -0.4 is 11.1 Å². The molecule has 5 heteroatoms. The van der Waals surface area contributed by atoms with Crippen LogP contribution in [0.15, 0.2) is 0 Å². The highest BCUT2D eigenvalue weighted by molar-refractivity contribution is 5.90. The van der Waals surface area contributed by atoms with Crippen LogP contribution in [0.2, 0.25) is 0 Å². The minimum Gasteiger partial charge on any atom is -0.344 e. The summed E-state index contributed by atoms with van der Waals surface area (Å²) in [6.45, 7) is 2.29. The second-order valence-corrected chi connectivity index (χ2v) is 3.40. The van der Waals surface area contributed by atoms with Gasteiger partial charge >= 0.3 is 0 Å². The van der Waals surface area contributed by atoms with E-state index in [-0.39, 0.29) is 17.9 Å². The van der Waals surface area contributed by atoms with Crippen LogP contribution in [0.25, 0.3) is 0 Å². The molecule has 1 heterocycles. The molecule has 3 N–H and O–H groups in total. The molecule has 1 aliphatic heterocycles. The molecular weight excluding hydrogens is 170 g/mol. The standard InChI is InChI=1S/C8H15N3O2/c1-5(9)7(12)10-6-3-4-11(2)8(6)13/h5-6H,3-4,9H2,1-2H3,(H,10,12)/t5-,6?/m0/s1. The van der Waals surface area contributed by atoms with Crippen molar-refractivity contribution in [3.8, 4) is 0 Å². The molecule has 1 saturated heterocycles. The Kier molecular flexibility index (Phi) is 2.87. The molecule has 2 amide bonds. The van der Waals surface area contributed by atoms with E-state index in [2.05, 4.69) is 5.32 Å². The quantitative estimate of drug-likeness (QED) is 0.560. The van der Waals surface area contributed by atoms with Crippen molar-refractivity contribution in [1.29, 1.82) is 0 Å². The van der Waals surface area contributed by atoms with Crippen molar-refractivity contribution in [3.05, 3.63) is 0 Å². The first-order chi connectivity index (χ1) is 6.02. The SMILES string of the molecule is C[C@H](N)C(=O)NC1CCN(C)C1=O. The zero-order valence-corrected chi connectivity index (χ0v) is 7.91. The maximum absolute atomic E-state index is 11.3. The summed E-state index contributed by atoms with van der Waals surface area (Å²) in [4.78, 5) is 24.1. The van der Waals surface area contributed by atoms with Crippen molar-refractivity contribution in [3.63, 3.8) is 0 Å². The first-order valence-corrected chi connectivity index (χ1v) is 4.33. The fraction of sp³-hybridized carbons (Fsp3) is 0.750. The summed E-state index contributed by atoms with van der Waals surface area (Å²) in [5, 5.41) is 2.60. The summed E-state index contributed by atoms with van der Waals surface area (Å²) in [6, 6.07) is -0.929. The molecule has 1 rings (SSSR count). The fourth-order valence-electron chi connectivity index (χ4n) is 1.26. The van der Waals surface area contributed by atoms with Crippen LogP contribution in [0, 0.1) is 0 Å². The second kappa shape index (κ2) is 3.74. The maximum atomic E-state index is 11.3. The number of carbonyl (C=O) groups is 2. The van der Waals surface area contributed by atoms with Gasteiger partial charge in [-0.1, -0.05) is 0 Å². The van der Waals surface area contributed by atoms with E-state index in [4.69, 9.17) is 5.73 Å². The Bertz CT molecular complexity index is 227. The predicted molar refractivity (Wildman–Crippen MR) is 47.8 cm³/mol. The van der Waals surface area contributed by atoms with E-state index in [0.717, 1.165) is 0 Å². The molecule has 0 saturated carbocycles. The van der Waals surface area contributed by atoms with Gasteiger partial charge in [0.1, 0.15) is 6.04 Å². The van der Waals surface area contributed by atoms with Crippen molar-refractivity contribution < 1.29 is 9.59 Å². The molecule has 0 aromatic carbocycles. The van der Waals surface area contributed by atoms with E-state index in [0.29, 0.717) is 13.0 Å². The number of rotatable bonds is 2. The summed E-state index contributed by atoms with van der Waals surface area (Å²) in [7, 11) is 1.72. The zero-order chi connectivity index (χ0) is 10.0. The van der Waals surface area contributed by atoms with Crippen molar-refractivity contribution in [1.82, 2.24) is 10.2 Å². The minimum atomic E-state index is -0.557. The van der Waals surface area contributed by atoms with Crippen LogP contribution in [-0.4, -0.2) is 42.4 Å². The molecule has 0 aromatic rings. The second-order valence-electron chi connectivity index (χ2n) is 3.40. The third-order valence-electron chi connectivity index (χ3n) is 2.16. The van der Waals surface area contributed by atoms with E-state index in [1.807, 2.05) is 0 Å². The van der Waals surface area contributed by atoms with Crippen molar-refractivity contribution in [2.75, 3.05) is 13.6 Å². The fourth-order valence-corrected chi connectivity index (χ4v) is 1.26. The molecule has 1 unspecified atom stereocenters. The van der Waals surface area contributed by atoms with Crippen LogP contribution in [0.4, 0.5) is 0 Å². The van der Waals surface area contributed by atoms with E-state index in [1.54, 1.807) is 18.9 Å². The summed E-state index contributed by atoms with van der Waals surface area (Å²) >= 11 is 0. The van der Waals surface area contributed by atoms with Crippen LogP contribution in [-0.2, 0) is 9.59 Å². The number of likely N-dealkylation sites (N-methyl/N-ethyl adjacent to an activating group) is 1. The largest absolute Gasteiger partial charge is 0.344 e. The van der Waals surface area contributed by atoms with Gasteiger partial charge in [-0.05, 0) is 13.3 Å². The van der Waals surface area contributed by atoms with Gasteiger partial charge in [-0.25, -0.2) is 0 Å². The molecular formula is C8H15N3O2. The summed E-state index contributed by atoms with van der Waals surface area (Å²) < 4.78 is 0. The Labute approximate surface area is 77.3 Å². The van der Waals surface area contributed by atoms with E-state index >= 15 is 0 Å². The van der Waals surface area contributed by atoms with Gasteiger partial charge < -0.3 is 16.0 Å². The molecule has 0 bridgehead atoms. The summed E-state index contributed by atoms with van der Waals surface area (Å²) in [5.74, 6) is -0.303. The molecule has 2 atom stereocenters. The first kappa shape index (κ1) is 9.98. The third kappa shape index (κ3) is 2.18. The molecule has 0 aromatic heterocycles. The maximum Gasteiger partial charge on any atom is 0.244 e. The van der Waals surface area contributed by atoms with Gasteiger partial charge in [0.2, 0.25) is 11.8 Å². The van der Waals surface area contributed by atoms with E-state index in [9.17, 15) is 9.59 Å². The highest BCUT2D eigenvalue weighted by atomic mass is 16.2. The average Bonchev–Trinajstić information content (AvgIpc) is 2.36. The van der Waals surface area contributed by atoms with Crippen LogP contribution in [0.1, 0.15) is 13.3 Å². The zero-order valence-electron chi connectivity index (χ0n) is 7.91. The highest BCUT2D eigenvalue weighted by Crippen LogP contribution is 2.08. The Morgan fingerprint density at radius 1 is 1.77 bits per heavy atom. The third-order valence-corrected chi connectivity index (χ3v) is 2.16. The van der Waals surface area contributed by atoms with Gasteiger partial charge in [0, 0.05) is 13.6 Å². The van der Waals surface area contributed by atoms with E-state index < -0.39 is 6.04 Å². The predicted octanol–water partition coefficient (Wildman–Crippen LogP) is -1.32. The van der Waals surface area contributed by atoms with Crippen molar-refractivity contribution in [2.45, 2.75) is 25.4 Å². The lowest BCUT2D eigenvalue weighted by Gasteiger charge is -2.13. The van der Waals surface area contributed by atoms with Crippen LogP contribution in [0.3, 0.4) is 0 Å². The van der Waals surface area contributed by atoms with Gasteiger partial charge in [0.15, 0.2) is 0 Å². The molecule has 0 aliphatic carbocycles. The number of nitrogens with zero attached hydrogens (tertiary/aromatic N) is 1. The molecule has 1 aliphatic rings. The molecule has 13 heavy (non-hydrogen) atoms. The molecule has 0 radical (unpaired) electrons. The molecule has 5 nitrogen and oxygen atoms in total. The number of carbonyl (C=O) groups excluding carboxylic acids is 2. The number of hydrogen-bond donors (Lipinski definition) is 2. The Morgan fingerprint density at radius 2 is 2.38 bits per heavy atom. The first-order valence-electron chi connectivity index (χ1n) is 4.33. The Morgan fingerprint density at radius 3 is 2.77 bits per heavy atom. The smallest absolute Gasteiger partial charge is 0.244 e. The Balaban J connectivity index is 2.47. The molecule has 0 spiro atoms. The highest BCUT2D eigenvalue weighted by Gasteiger charge is 2.30. The van der Waals surface area contributed by atoms with Gasteiger partial charge in [0.25, 0.3) is 0 Å².